The average molecular weight is 261 g/mol. The maximum Gasteiger partial charge on any atom is 0.254 e. The van der Waals surface area contributed by atoms with Crippen LogP contribution in [0.25, 0.3) is 11.4 Å². The molecule has 0 saturated heterocycles. The minimum absolute atomic E-state index is 0.0351. The van der Waals surface area contributed by atoms with Gasteiger partial charge in [0.2, 0.25) is 5.82 Å². The number of halogens is 1. The number of hydrogen-bond acceptors (Lipinski definition) is 4. The molecule has 1 heterocycles. The van der Waals surface area contributed by atoms with Crippen molar-refractivity contribution in [2.75, 3.05) is 6.54 Å². The molecule has 2 aromatic rings. The number of carbonyl (C=O) groups excluding carboxylic acids is 1. The topological polar surface area (TPSA) is 83.6 Å². The van der Waals surface area contributed by atoms with E-state index >= 15 is 0 Å². The van der Waals surface area contributed by atoms with Crippen LogP contribution in [0.15, 0.2) is 18.2 Å². The van der Waals surface area contributed by atoms with Gasteiger partial charge in [0.1, 0.15) is 5.82 Å². The predicted octanol–water partition coefficient (Wildman–Crippen LogP) is 1.15. The fraction of sp³-hybridized carbons (Fsp3) is 0.333. The van der Waals surface area contributed by atoms with Crippen LogP contribution in [0, 0.1) is 11.7 Å². The first-order valence-electron chi connectivity index (χ1n) is 6.05. The van der Waals surface area contributed by atoms with Gasteiger partial charge in [-0.3, -0.25) is 4.79 Å². The van der Waals surface area contributed by atoms with Crippen molar-refractivity contribution in [3.63, 3.8) is 0 Å². The van der Waals surface area contributed by atoms with E-state index in [1.807, 2.05) is 0 Å². The van der Waals surface area contributed by atoms with Crippen LogP contribution in [0.3, 0.4) is 0 Å². The minimum Gasteiger partial charge on any atom is -0.352 e. The highest BCUT2D eigenvalue weighted by Gasteiger charge is 2.22. The Morgan fingerprint density at radius 1 is 1.47 bits per heavy atom. The van der Waals surface area contributed by atoms with Crippen molar-refractivity contribution in [1.29, 1.82) is 0 Å². The number of tetrazole rings is 1. The van der Waals surface area contributed by atoms with E-state index in [0.29, 0.717) is 23.9 Å². The van der Waals surface area contributed by atoms with Crippen LogP contribution in [0.1, 0.15) is 23.2 Å². The molecule has 1 aliphatic rings. The quantitative estimate of drug-likeness (QED) is 0.864. The summed E-state index contributed by atoms with van der Waals surface area (Å²) in [5.74, 6) is -0.117. The maximum atomic E-state index is 13.9. The van der Waals surface area contributed by atoms with Crippen LogP contribution >= 0.6 is 0 Å². The number of nitrogens with one attached hydrogen (secondary N) is 2. The van der Waals surface area contributed by atoms with Gasteiger partial charge in [-0.05, 0) is 36.1 Å². The number of nitrogens with zero attached hydrogens (tertiary/aromatic N) is 3. The van der Waals surface area contributed by atoms with Crippen molar-refractivity contribution >= 4 is 5.91 Å². The summed E-state index contributed by atoms with van der Waals surface area (Å²) in [6, 6.07) is 4.26. The molecule has 19 heavy (non-hydrogen) atoms. The van der Waals surface area contributed by atoms with Crippen LogP contribution in [-0.4, -0.2) is 33.1 Å². The van der Waals surface area contributed by atoms with E-state index in [0.717, 1.165) is 12.8 Å². The smallest absolute Gasteiger partial charge is 0.254 e. The van der Waals surface area contributed by atoms with Gasteiger partial charge in [0, 0.05) is 12.1 Å². The Hall–Kier alpha value is -2.31. The summed E-state index contributed by atoms with van der Waals surface area (Å²) in [5, 5.41) is 15.9. The van der Waals surface area contributed by atoms with Gasteiger partial charge in [-0.25, -0.2) is 4.39 Å². The van der Waals surface area contributed by atoms with Gasteiger partial charge >= 0.3 is 0 Å². The first-order valence-corrected chi connectivity index (χ1v) is 6.05. The van der Waals surface area contributed by atoms with Crippen molar-refractivity contribution < 1.29 is 9.18 Å². The lowest BCUT2D eigenvalue weighted by Crippen LogP contribution is -2.26. The van der Waals surface area contributed by atoms with Gasteiger partial charge < -0.3 is 5.32 Å². The van der Waals surface area contributed by atoms with Crippen molar-refractivity contribution in [1.82, 2.24) is 25.9 Å². The molecule has 6 nitrogen and oxygen atoms in total. The summed E-state index contributed by atoms with van der Waals surface area (Å²) in [4.78, 5) is 11.8. The second kappa shape index (κ2) is 4.75. The van der Waals surface area contributed by atoms with Crippen LogP contribution in [-0.2, 0) is 0 Å². The third kappa shape index (κ3) is 2.59. The summed E-state index contributed by atoms with van der Waals surface area (Å²) in [5.41, 5.74) is 0.512. The molecule has 7 heteroatoms. The standard InChI is InChI=1S/C12H12FN5O/c13-10-5-8(11-15-17-18-16-11)3-4-9(10)12(19)14-6-7-1-2-7/h3-5,7H,1-2,6H2,(H,14,19)(H,15,16,17,18). The Balaban J connectivity index is 1.77. The molecule has 0 unspecified atom stereocenters. The zero-order chi connectivity index (χ0) is 13.2. The summed E-state index contributed by atoms with van der Waals surface area (Å²) in [6.07, 6.45) is 2.28. The van der Waals surface area contributed by atoms with E-state index in [2.05, 4.69) is 25.9 Å². The molecular formula is C12H12FN5O. The molecule has 98 valence electrons. The number of rotatable bonds is 4. The minimum atomic E-state index is -0.587. The van der Waals surface area contributed by atoms with Gasteiger partial charge in [-0.2, -0.15) is 5.21 Å². The molecule has 1 saturated carbocycles. The lowest BCUT2D eigenvalue weighted by molar-refractivity contribution is 0.0948. The average Bonchev–Trinajstić information content (AvgIpc) is 3.07. The zero-order valence-electron chi connectivity index (χ0n) is 10.1. The molecule has 1 aromatic heterocycles. The van der Waals surface area contributed by atoms with E-state index in [1.165, 1.54) is 12.1 Å². The Kier molecular flexibility index (Phi) is 2.94. The predicted molar refractivity (Wildman–Crippen MR) is 64.6 cm³/mol. The van der Waals surface area contributed by atoms with E-state index in [4.69, 9.17) is 0 Å². The summed E-state index contributed by atoms with van der Waals surface area (Å²) >= 11 is 0. The fourth-order valence-corrected chi connectivity index (χ4v) is 1.78. The number of H-pyrrole nitrogens is 1. The number of benzene rings is 1. The number of hydrogen-bond donors (Lipinski definition) is 2. The molecule has 1 aromatic carbocycles. The third-order valence-electron chi connectivity index (χ3n) is 3.07. The first kappa shape index (κ1) is 11.8. The molecule has 1 aliphatic carbocycles. The highest BCUT2D eigenvalue weighted by atomic mass is 19.1. The molecule has 0 spiro atoms. The van der Waals surface area contributed by atoms with Gasteiger partial charge in [-0.15, -0.1) is 10.2 Å². The monoisotopic (exact) mass is 261 g/mol. The number of aromatic nitrogens is 4. The Morgan fingerprint density at radius 2 is 2.32 bits per heavy atom. The third-order valence-corrected chi connectivity index (χ3v) is 3.07. The second-order valence-corrected chi connectivity index (χ2v) is 4.58. The molecule has 1 amide bonds. The molecule has 3 rings (SSSR count). The molecule has 0 radical (unpaired) electrons. The molecule has 1 fully saturated rings. The molecule has 0 bridgehead atoms. The van der Waals surface area contributed by atoms with Crippen molar-refractivity contribution in [3.8, 4) is 11.4 Å². The van der Waals surface area contributed by atoms with E-state index in [-0.39, 0.29) is 11.5 Å². The van der Waals surface area contributed by atoms with Crippen molar-refractivity contribution in [2.24, 2.45) is 5.92 Å². The largest absolute Gasteiger partial charge is 0.352 e. The molecule has 0 atom stereocenters. The number of aromatic amines is 1. The lowest BCUT2D eigenvalue weighted by atomic mass is 10.1. The number of amides is 1. The van der Waals surface area contributed by atoms with Crippen molar-refractivity contribution in [3.05, 3.63) is 29.6 Å². The fourth-order valence-electron chi connectivity index (χ4n) is 1.78. The van der Waals surface area contributed by atoms with Crippen molar-refractivity contribution in [2.45, 2.75) is 12.8 Å². The van der Waals surface area contributed by atoms with Crippen LogP contribution in [0.4, 0.5) is 4.39 Å². The lowest BCUT2D eigenvalue weighted by Gasteiger charge is -2.05. The normalized spacial score (nSPS) is 14.4. The molecular weight excluding hydrogens is 249 g/mol. The highest BCUT2D eigenvalue weighted by molar-refractivity contribution is 5.94. The Morgan fingerprint density at radius 3 is 2.95 bits per heavy atom. The second-order valence-electron chi connectivity index (χ2n) is 4.58. The Bertz CT molecular complexity index is 594. The maximum absolute atomic E-state index is 13.9. The molecule has 0 aliphatic heterocycles. The highest BCUT2D eigenvalue weighted by Crippen LogP contribution is 2.27. The van der Waals surface area contributed by atoms with E-state index in [9.17, 15) is 9.18 Å². The van der Waals surface area contributed by atoms with Gasteiger partial charge in [0.25, 0.3) is 5.91 Å². The van der Waals surface area contributed by atoms with Crippen LogP contribution in [0.2, 0.25) is 0 Å². The number of carbonyl (C=O) groups is 1. The summed E-state index contributed by atoms with van der Waals surface area (Å²) in [7, 11) is 0. The first-order chi connectivity index (χ1) is 9.24. The van der Waals surface area contributed by atoms with Gasteiger partial charge in [-0.1, -0.05) is 6.07 Å². The van der Waals surface area contributed by atoms with Gasteiger partial charge in [0.05, 0.1) is 5.56 Å². The van der Waals surface area contributed by atoms with Gasteiger partial charge in [0.15, 0.2) is 0 Å². The Labute approximate surface area is 108 Å². The van der Waals surface area contributed by atoms with Crippen LogP contribution < -0.4 is 5.32 Å². The molecule has 2 N–H and O–H groups in total. The zero-order valence-corrected chi connectivity index (χ0v) is 10.1. The SMILES string of the molecule is O=C(NCC1CC1)c1ccc(-c2nn[nH]n2)cc1F. The summed E-state index contributed by atoms with van der Waals surface area (Å²) < 4.78 is 13.9. The summed E-state index contributed by atoms with van der Waals surface area (Å²) in [6.45, 7) is 0.616. The van der Waals surface area contributed by atoms with E-state index < -0.39 is 5.82 Å². The van der Waals surface area contributed by atoms with Crippen LogP contribution in [0.5, 0.6) is 0 Å². The van der Waals surface area contributed by atoms with E-state index in [1.54, 1.807) is 6.07 Å².